The molecular formula is C8H11BrClNO2S2. The van der Waals surface area contributed by atoms with Gasteiger partial charge in [-0.15, -0.1) is 22.9 Å². The molecule has 0 aromatic carbocycles. The van der Waals surface area contributed by atoms with Crippen LogP contribution in [0.25, 0.3) is 0 Å². The minimum absolute atomic E-state index is 0.299. The Morgan fingerprint density at radius 1 is 1.60 bits per heavy atom. The zero-order chi connectivity index (χ0) is 11.6. The molecule has 86 valence electrons. The van der Waals surface area contributed by atoms with E-state index in [1.807, 2.05) is 0 Å². The molecule has 0 saturated carbocycles. The SMILES string of the molecule is CCN(C)S(=O)(=O)c1cc(CCl)sc1Br. The molecule has 3 nitrogen and oxygen atoms in total. The zero-order valence-corrected chi connectivity index (χ0v) is 12.3. The molecule has 1 rings (SSSR count). The van der Waals surface area contributed by atoms with E-state index in [1.54, 1.807) is 20.0 Å². The average Bonchev–Trinajstić information content (AvgIpc) is 2.58. The summed E-state index contributed by atoms with van der Waals surface area (Å²) in [7, 11) is -1.82. The van der Waals surface area contributed by atoms with Crippen molar-refractivity contribution in [2.75, 3.05) is 13.6 Å². The number of rotatable bonds is 4. The van der Waals surface area contributed by atoms with Crippen molar-refractivity contribution in [3.05, 3.63) is 14.7 Å². The van der Waals surface area contributed by atoms with Crippen LogP contribution in [0.5, 0.6) is 0 Å². The van der Waals surface area contributed by atoms with Gasteiger partial charge in [-0.05, 0) is 22.0 Å². The summed E-state index contributed by atoms with van der Waals surface area (Å²) in [5, 5.41) is 0. The average molecular weight is 333 g/mol. The Morgan fingerprint density at radius 2 is 2.20 bits per heavy atom. The monoisotopic (exact) mass is 331 g/mol. The van der Waals surface area contributed by atoms with E-state index in [-0.39, 0.29) is 0 Å². The topological polar surface area (TPSA) is 37.4 Å². The smallest absolute Gasteiger partial charge is 0.207 e. The van der Waals surface area contributed by atoms with Crippen LogP contribution in [0.1, 0.15) is 11.8 Å². The molecule has 0 N–H and O–H groups in total. The van der Waals surface area contributed by atoms with Crippen molar-refractivity contribution in [3.63, 3.8) is 0 Å². The Bertz CT molecular complexity index is 443. The van der Waals surface area contributed by atoms with Gasteiger partial charge in [0.15, 0.2) is 0 Å². The third-order valence-corrected chi connectivity index (χ3v) is 6.60. The van der Waals surface area contributed by atoms with Gasteiger partial charge in [-0.1, -0.05) is 6.92 Å². The Hall–Kier alpha value is 0.380. The number of sulfonamides is 1. The summed E-state index contributed by atoms with van der Waals surface area (Å²) in [4.78, 5) is 1.14. The molecule has 0 aliphatic rings. The van der Waals surface area contributed by atoms with Crippen molar-refractivity contribution >= 4 is 48.9 Å². The number of nitrogens with zero attached hydrogens (tertiary/aromatic N) is 1. The van der Waals surface area contributed by atoms with E-state index in [0.29, 0.717) is 21.1 Å². The fourth-order valence-electron chi connectivity index (χ4n) is 0.977. The molecule has 0 fully saturated rings. The number of hydrogen-bond donors (Lipinski definition) is 0. The van der Waals surface area contributed by atoms with Gasteiger partial charge in [0.05, 0.1) is 9.67 Å². The first-order valence-electron chi connectivity index (χ1n) is 4.24. The summed E-state index contributed by atoms with van der Waals surface area (Å²) in [6.45, 7) is 2.24. The summed E-state index contributed by atoms with van der Waals surface area (Å²) < 4.78 is 25.9. The minimum atomic E-state index is -3.37. The van der Waals surface area contributed by atoms with Crippen molar-refractivity contribution in [2.24, 2.45) is 0 Å². The summed E-state index contributed by atoms with van der Waals surface area (Å²) in [5.41, 5.74) is 0. The largest absolute Gasteiger partial charge is 0.244 e. The van der Waals surface area contributed by atoms with Gasteiger partial charge in [0.25, 0.3) is 0 Å². The van der Waals surface area contributed by atoms with Crippen LogP contribution in [0.2, 0.25) is 0 Å². The molecular weight excluding hydrogens is 322 g/mol. The zero-order valence-electron chi connectivity index (χ0n) is 8.33. The van der Waals surface area contributed by atoms with Gasteiger partial charge in [0.2, 0.25) is 10.0 Å². The maximum atomic E-state index is 12.0. The lowest BCUT2D eigenvalue weighted by molar-refractivity contribution is 0.486. The molecule has 1 aromatic heterocycles. The van der Waals surface area contributed by atoms with Gasteiger partial charge in [0, 0.05) is 18.5 Å². The number of alkyl halides is 1. The van der Waals surface area contributed by atoms with E-state index in [1.165, 1.54) is 15.6 Å². The van der Waals surface area contributed by atoms with Crippen LogP contribution in [-0.2, 0) is 15.9 Å². The summed E-state index contributed by atoms with van der Waals surface area (Å²) in [6.07, 6.45) is 0. The van der Waals surface area contributed by atoms with E-state index in [2.05, 4.69) is 15.9 Å². The van der Waals surface area contributed by atoms with Gasteiger partial charge in [-0.2, -0.15) is 0 Å². The standard InChI is InChI=1S/C8H11BrClNO2S2/c1-3-11(2)15(12,13)7-4-6(5-10)14-8(7)9/h4H,3,5H2,1-2H3. The molecule has 1 heterocycles. The van der Waals surface area contributed by atoms with E-state index < -0.39 is 10.0 Å². The molecule has 1 aromatic rings. The van der Waals surface area contributed by atoms with Crippen LogP contribution in [0, 0.1) is 0 Å². The number of halogens is 2. The molecule has 0 radical (unpaired) electrons. The predicted molar refractivity (Wildman–Crippen MR) is 67.1 cm³/mol. The first kappa shape index (κ1) is 13.4. The minimum Gasteiger partial charge on any atom is -0.207 e. The van der Waals surface area contributed by atoms with Crippen LogP contribution in [-0.4, -0.2) is 26.3 Å². The van der Waals surface area contributed by atoms with Crippen molar-refractivity contribution in [3.8, 4) is 0 Å². The maximum Gasteiger partial charge on any atom is 0.244 e. The van der Waals surface area contributed by atoms with E-state index in [0.717, 1.165) is 4.88 Å². The molecule has 0 bridgehead atoms. The van der Waals surface area contributed by atoms with Crippen molar-refractivity contribution < 1.29 is 8.42 Å². The molecule has 0 saturated heterocycles. The lowest BCUT2D eigenvalue weighted by atomic mass is 10.5. The Kier molecular flexibility index (Phi) is 4.61. The third-order valence-electron chi connectivity index (χ3n) is 1.97. The van der Waals surface area contributed by atoms with Gasteiger partial charge < -0.3 is 0 Å². The predicted octanol–water partition coefficient (Wildman–Crippen LogP) is 2.89. The highest BCUT2D eigenvalue weighted by atomic mass is 79.9. The van der Waals surface area contributed by atoms with Crippen LogP contribution in [0.3, 0.4) is 0 Å². The van der Waals surface area contributed by atoms with Gasteiger partial charge in [-0.3, -0.25) is 0 Å². The third kappa shape index (κ3) is 2.74. The second kappa shape index (κ2) is 5.14. The van der Waals surface area contributed by atoms with Crippen LogP contribution >= 0.6 is 38.9 Å². The number of thiophene rings is 1. The van der Waals surface area contributed by atoms with Crippen LogP contribution in [0.15, 0.2) is 14.7 Å². The van der Waals surface area contributed by atoms with Gasteiger partial charge in [-0.25, -0.2) is 12.7 Å². The molecule has 15 heavy (non-hydrogen) atoms. The van der Waals surface area contributed by atoms with Crippen LogP contribution in [0.4, 0.5) is 0 Å². The fraction of sp³-hybridized carbons (Fsp3) is 0.500. The second-order valence-electron chi connectivity index (χ2n) is 2.90. The van der Waals surface area contributed by atoms with Crippen molar-refractivity contribution in [1.82, 2.24) is 4.31 Å². The molecule has 0 aliphatic heterocycles. The molecule has 0 atom stereocenters. The molecule has 0 spiro atoms. The highest BCUT2D eigenvalue weighted by molar-refractivity contribution is 9.11. The lowest BCUT2D eigenvalue weighted by Gasteiger charge is -2.13. The maximum absolute atomic E-state index is 12.0. The van der Waals surface area contributed by atoms with Crippen molar-refractivity contribution in [1.29, 1.82) is 0 Å². The second-order valence-corrected chi connectivity index (χ2v) is 7.64. The number of hydrogen-bond acceptors (Lipinski definition) is 3. The molecule has 0 amide bonds. The van der Waals surface area contributed by atoms with Crippen molar-refractivity contribution in [2.45, 2.75) is 17.7 Å². The Morgan fingerprint density at radius 3 is 2.60 bits per heavy atom. The summed E-state index contributed by atoms with van der Waals surface area (Å²) >= 11 is 10.3. The molecule has 7 heteroatoms. The van der Waals surface area contributed by atoms with Gasteiger partial charge >= 0.3 is 0 Å². The lowest BCUT2D eigenvalue weighted by Crippen LogP contribution is -2.26. The summed E-state index contributed by atoms with van der Waals surface area (Å²) in [6, 6.07) is 1.61. The summed E-state index contributed by atoms with van der Waals surface area (Å²) in [5.74, 6) is 0.328. The quantitative estimate of drug-likeness (QED) is 0.795. The first-order chi connectivity index (χ1) is 6.93. The highest BCUT2D eigenvalue weighted by Gasteiger charge is 2.24. The fourth-order valence-corrected chi connectivity index (χ4v) is 4.88. The van der Waals surface area contributed by atoms with E-state index in [4.69, 9.17) is 11.6 Å². The highest BCUT2D eigenvalue weighted by Crippen LogP contribution is 2.33. The molecule has 0 unspecified atom stereocenters. The molecule has 0 aliphatic carbocycles. The van der Waals surface area contributed by atoms with E-state index in [9.17, 15) is 8.42 Å². The van der Waals surface area contributed by atoms with Crippen LogP contribution < -0.4 is 0 Å². The Labute approximate surface area is 107 Å². The first-order valence-corrected chi connectivity index (χ1v) is 7.82. The Balaban J connectivity index is 3.21. The normalized spacial score (nSPS) is 12.3. The van der Waals surface area contributed by atoms with E-state index >= 15 is 0 Å². The van der Waals surface area contributed by atoms with Gasteiger partial charge in [0.1, 0.15) is 4.90 Å².